The number of rotatable bonds is 8. The molecular weight excluding hydrogens is 956 g/mol. The summed E-state index contributed by atoms with van der Waals surface area (Å²) in [4.78, 5) is 12.1. The minimum Gasteiger partial charge on any atom is -0.287 e. The van der Waals surface area contributed by atoms with Gasteiger partial charge in [-0.1, -0.05) is 48.5 Å². The largest absolute Gasteiger partial charge is 0.287 e. The third-order valence-corrected chi connectivity index (χ3v) is 10.2. The van der Waals surface area contributed by atoms with Gasteiger partial charge < -0.3 is 0 Å². The molecule has 0 spiro atoms. The number of halogens is 21. The molecule has 67 heavy (non-hydrogen) atoms. The highest BCUT2D eigenvalue weighted by Gasteiger charge is 2.52. The zero-order chi connectivity index (χ0) is 49.7. The van der Waals surface area contributed by atoms with Gasteiger partial charge in [-0.3, -0.25) is 4.79 Å². The third-order valence-electron chi connectivity index (χ3n) is 10.2. The lowest BCUT2D eigenvalue weighted by atomic mass is 9.12. The minimum absolute atomic E-state index is 0.0456. The Hall–Kier alpha value is -7.27. The molecule has 0 aliphatic heterocycles. The number of ketones is 1. The predicted octanol–water partition coefficient (Wildman–Crippen LogP) is 9.51. The first kappa shape index (κ1) is 49.2. The Morgan fingerprint density at radius 2 is 0.612 bits per heavy atom. The molecule has 0 radical (unpaired) electrons. The lowest BCUT2D eigenvalue weighted by Gasteiger charge is -2.44. The molecule has 0 saturated carbocycles. The van der Waals surface area contributed by atoms with Gasteiger partial charge in [0.15, 0.2) is 82.2 Å². The summed E-state index contributed by atoms with van der Waals surface area (Å²) in [7, 11) is 0. The van der Waals surface area contributed by atoms with E-state index in [9.17, 15) is 61.9 Å². The molecule has 1 heterocycles. The fourth-order valence-corrected chi connectivity index (χ4v) is 7.19. The Kier molecular flexibility index (Phi) is 13.6. The van der Waals surface area contributed by atoms with Crippen molar-refractivity contribution in [2.75, 3.05) is 0 Å². The van der Waals surface area contributed by atoms with Crippen molar-refractivity contribution in [2.24, 2.45) is 0 Å². The predicted molar refractivity (Wildman–Crippen MR) is 192 cm³/mol. The maximum absolute atomic E-state index is 15.4. The van der Waals surface area contributed by atoms with Crippen molar-refractivity contribution in [2.45, 2.75) is 6.54 Å². The number of nitrogens with zero attached hydrogens (tertiary/aromatic N) is 1. The van der Waals surface area contributed by atoms with Gasteiger partial charge in [-0.05, 0) is 11.6 Å². The van der Waals surface area contributed by atoms with Gasteiger partial charge in [0.2, 0.25) is 12.3 Å². The van der Waals surface area contributed by atoms with Crippen molar-refractivity contribution >= 4 is 33.8 Å². The van der Waals surface area contributed by atoms with Crippen LogP contribution in [0.2, 0.25) is 0 Å². The molecular formula is C43H15BF21NO. The molecule has 7 aromatic rings. The van der Waals surface area contributed by atoms with Gasteiger partial charge in [0, 0.05) is 23.3 Å². The lowest BCUT2D eigenvalue weighted by Crippen LogP contribution is -2.81. The molecule has 24 heteroatoms. The second-order valence-electron chi connectivity index (χ2n) is 13.8. The van der Waals surface area contributed by atoms with Gasteiger partial charge in [0.05, 0.1) is 0 Å². The van der Waals surface area contributed by atoms with Crippen LogP contribution in [0, 0.1) is 122 Å². The molecule has 0 saturated heterocycles. The smallest absolute Gasteiger partial charge is 0.227 e. The Morgan fingerprint density at radius 1 is 0.343 bits per heavy atom. The van der Waals surface area contributed by atoms with E-state index in [1.165, 1.54) is 6.07 Å². The number of carbonyl (C=O) groups excluding carboxylic acids is 1. The van der Waals surface area contributed by atoms with Crippen LogP contribution in [0.1, 0.15) is 10.4 Å². The fourth-order valence-electron chi connectivity index (χ4n) is 7.19. The van der Waals surface area contributed by atoms with Crippen LogP contribution in [0.4, 0.5) is 92.2 Å². The number of Topliss-reactive ketones (excluding diaryl/α,β-unsaturated/α-hetero) is 1. The number of hydrogen-bond donors (Lipinski definition) is 0. The lowest BCUT2D eigenvalue weighted by molar-refractivity contribution is -0.683. The molecule has 0 amide bonds. The highest BCUT2D eigenvalue weighted by molar-refractivity contribution is 7.20. The second-order valence-corrected chi connectivity index (χ2v) is 13.8. The summed E-state index contributed by atoms with van der Waals surface area (Å²) in [6.45, 7) is 0.265. The molecule has 2 nitrogen and oxygen atoms in total. The molecule has 0 unspecified atom stereocenters. The van der Waals surface area contributed by atoms with Crippen molar-refractivity contribution in [1.82, 2.24) is 0 Å². The van der Waals surface area contributed by atoms with Crippen molar-refractivity contribution in [3.05, 3.63) is 207 Å². The van der Waals surface area contributed by atoms with Crippen LogP contribution in [-0.2, 0) is 6.54 Å². The average Bonchev–Trinajstić information content (AvgIpc) is 3.32. The number of hydrogen-bond acceptors (Lipinski definition) is 1. The average molecular weight is 971 g/mol. The number of aromatic nitrogens is 1. The first-order valence-corrected chi connectivity index (χ1v) is 18.0. The van der Waals surface area contributed by atoms with Gasteiger partial charge in [-0.2, -0.15) is 4.57 Å². The van der Waals surface area contributed by atoms with E-state index >= 15 is 35.1 Å². The van der Waals surface area contributed by atoms with Crippen LogP contribution in [0.25, 0.3) is 11.1 Å². The number of carbonyl (C=O) groups is 1. The zero-order valence-corrected chi connectivity index (χ0v) is 32.1. The van der Waals surface area contributed by atoms with E-state index in [0.29, 0.717) is 11.1 Å². The normalized spacial score (nSPS) is 11.5. The second kappa shape index (κ2) is 18.5. The van der Waals surface area contributed by atoms with Gasteiger partial charge in [0.1, 0.15) is 58.5 Å². The summed E-state index contributed by atoms with van der Waals surface area (Å²) in [5.74, 6) is -71.6. The van der Waals surface area contributed by atoms with Gasteiger partial charge in [0.25, 0.3) is 0 Å². The van der Waals surface area contributed by atoms with Crippen molar-refractivity contribution in [3.8, 4) is 11.1 Å². The molecule has 6 aromatic carbocycles. The van der Waals surface area contributed by atoms with Crippen LogP contribution in [0.3, 0.4) is 0 Å². The molecule has 0 aliphatic carbocycles. The van der Waals surface area contributed by atoms with E-state index in [4.69, 9.17) is 0 Å². The zero-order valence-electron chi connectivity index (χ0n) is 32.1. The number of benzene rings is 6. The highest BCUT2D eigenvalue weighted by atomic mass is 19.2. The molecule has 0 atom stereocenters. The minimum atomic E-state index is -7.22. The SMILES string of the molecule is Fc1c(F)c(F)c([B-](c2c(F)c(F)c(F)c(F)c2F)(c2c(F)c(F)c(F)c(F)c2F)c2c(F)c(F)c(F)c(F)c2F)c(F)c1F.O=C(C[n+]1ccc(-c2ccccc2F)cc1)c1ccccc1. The maximum Gasteiger partial charge on any atom is 0.227 e. The third kappa shape index (κ3) is 8.00. The first-order chi connectivity index (χ1) is 31.4. The van der Waals surface area contributed by atoms with E-state index in [-0.39, 0.29) is 18.1 Å². The van der Waals surface area contributed by atoms with Crippen LogP contribution >= 0.6 is 0 Å². The van der Waals surface area contributed by atoms with Gasteiger partial charge in [-0.15, -0.1) is 21.9 Å². The van der Waals surface area contributed by atoms with Gasteiger partial charge >= 0.3 is 0 Å². The Morgan fingerprint density at radius 3 is 0.910 bits per heavy atom. The molecule has 1 aromatic heterocycles. The molecule has 0 aliphatic rings. The summed E-state index contributed by atoms with van der Waals surface area (Å²) in [6, 6.07) is 19.5. The monoisotopic (exact) mass is 971 g/mol. The topological polar surface area (TPSA) is 20.9 Å². The van der Waals surface area contributed by atoms with E-state index in [2.05, 4.69) is 0 Å². The maximum atomic E-state index is 15.4. The van der Waals surface area contributed by atoms with Crippen molar-refractivity contribution in [3.63, 3.8) is 0 Å². The summed E-state index contributed by atoms with van der Waals surface area (Å²) in [5.41, 5.74) is -12.3. The Bertz CT molecular complexity index is 2750. The van der Waals surface area contributed by atoms with Gasteiger partial charge in [-0.25, -0.2) is 92.2 Å². The summed E-state index contributed by atoms with van der Waals surface area (Å²) in [6.07, 6.45) is -3.63. The molecule has 0 N–H and O–H groups in total. The Labute approximate surface area is 359 Å². The summed E-state index contributed by atoms with van der Waals surface area (Å²) < 4.78 is 309. The Balaban J connectivity index is 0.000000279. The van der Waals surface area contributed by atoms with Crippen molar-refractivity contribution < 1.29 is 102 Å². The first-order valence-electron chi connectivity index (χ1n) is 18.0. The van der Waals surface area contributed by atoms with Crippen LogP contribution in [0.15, 0.2) is 79.1 Å². The summed E-state index contributed by atoms with van der Waals surface area (Å²) in [5, 5.41) is 0. The number of pyridine rings is 1. The van der Waals surface area contributed by atoms with E-state index in [0.717, 1.165) is 5.56 Å². The molecule has 7 rings (SSSR count). The van der Waals surface area contributed by atoms with Crippen LogP contribution in [0.5, 0.6) is 0 Å². The van der Waals surface area contributed by atoms with Crippen LogP contribution < -0.4 is 26.4 Å². The van der Waals surface area contributed by atoms with E-state index in [1.807, 2.05) is 30.3 Å². The van der Waals surface area contributed by atoms with E-state index < -0.39 is 144 Å². The molecule has 0 bridgehead atoms. The van der Waals surface area contributed by atoms with Crippen molar-refractivity contribution in [1.29, 1.82) is 0 Å². The van der Waals surface area contributed by atoms with Crippen LogP contribution in [-0.4, -0.2) is 11.9 Å². The quantitative estimate of drug-likeness (QED) is 0.0372. The standard InChI is InChI=1S/C24BF20.C19H15FNO/c26-5-1(6(27)14(35)21(42)13(5)34)25(2-7(28)15(36)22(43)16(37)8(2)29,3-9(30)17(38)23(44)18(39)10(3)31)4-11(32)19(40)24(45)20(41)12(4)33;20-18-9-5-4-8-17(18)15-10-12-21(13-11-15)14-19(22)16-6-2-1-3-7-16/h;1-13H,14H2/q-1;+1. The molecule has 348 valence electrons. The molecule has 0 fully saturated rings. The summed E-state index contributed by atoms with van der Waals surface area (Å²) >= 11 is 0. The van der Waals surface area contributed by atoms with E-state index in [1.54, 1.807) is 47.3 Å². The highest BCUT2D eigenvalue weighted by Crippen LogP contribution is 2.31. The fraction of sp³-hybridized carbons (Fsp3) is 0.0233.